The van der Waals surface area contributed by atoms with Gasteiger partial charge in [-0.1, -0.05) is 23.7 Å². The van der Waals surface area contributed by atoms with E-state index in [2.05, 4.69) is 10.1 Å². The number of halogens is 1. The van der Waals surface area contributed by atoms with Crippen LogP contribution in [0.2, 0.25) is 5.02 Å². The van der Waals surface area contributed by atoms with Crippen molar-refractivity contribution in [3.63, 3.8) is 0 Å². The summed E-state index contributed by atoms with van der Waals surface area (Å²) in [6.07, 6.45) is 1.71. The lowest BCUT2D eigenvalue weighted by Crippen LogP contribution is -1.92. The lowest BCUT2D eigenvalue weighted by atomic mass is 10.1. The maximum Gasteiger partial charge on any atom is 0.153 e. The van der Waals surface area contributed by atoms with Crippen molar-refractivity contribution in [3.8, 4) is 11.3 Å². The van der Waals surface area contributed by atoms with Gasteiger partial charge < -0.3 is 5.11 Å². The van der Waals surface area contributed by atoms with Crippen LogP contribution in [0.25, 0.3) is 16.9 Å². The molecule has 1 aromatic carbocycles. The number of benzene rings is 1. The van der Waals surface area contributed by atoms with Crippen LogP contribution < -0.4 is 0 Å². The van der Waals surface area contributed by atoms with E-state index in [1.165, 1.54) is 0 Å². The normalized spacial score (nSPS) is 11.0. The predicted octanol–water partition coefficient (Wildman–Crippen LogP) is 2.54. The van der Waals surface area contributed by atoms with Crippen molar-refractivity contribution in [2.24, 2.45) is 0 Å². The summed E-state index contributed by atoms with van der Waals surface area (Å²) in [6, 6.07) is 11.3. The molecule has 0 atom stereocenters. The lowest BCUT2D eigenvalue weighted by molar-refractivity contribution is 0.277. The standard InChI is InChI=1S/C13H10ClN3O/c14-10-3-1-2-9(6-10)12-4-5-13-15-11(8-18)7-17(13)16-12/h1-7,18H,8H2. The van der Waals surface area contributed by atoms with E-state index in [-0.39, 0.29) is 6.61 Å². The number of aliphatic hydroxyl groups is 1. The molecule has 90 valence electrons. The zero-order chi connectivity index (χ0) is 12.5. The van der Waals surface area contributed by atoms with Crippen molar-refractivity contribution in [2.75, 3.05) is 0 Å². The van der Waals surface area contributed by atoms with E-state index in [1.807, 2.05) is 36.4 Å². The van der Waals surface area contributed by atoms with Crippen LogP contribution in [0.3, 0.4) is 0 Å². The van der Waals surface area contributed by atoms with Crippen molar-refractivity contribution in [1.29, 1.82) is 0 Å². The predicted molar refractivity (Wildman–Crippen MR) is 69.4 cm³/mol. The Balaban J connectivity index is 2.12. The number of rotatable bonds is 2. The van der Waals surface area contributed by atoms with Crippen LogP contribution in [0.15, 0.2) is 42.6 Å². The highest BCUT2D eigenvalue weighted by Crippen LogP contribution is 2.21. The van der Waals surface area contributed by atoms with Crippen molar-refractivity contribution >= 4 is 17.2 Å². The van der Waals surface area contributed by atoms with Crippen LogP contribution in [0.5, 0.6) is 0 Å². The number of aliphatic hydroxyl groups excluding tert-OH is 1. The Morgan fingerprint density at radius 1 is 1.22 bits per heavy atom. The summed E-state index contributed by atoms with van der Waals surface area (Å²) in [7, 11) is 0. The molecule has 18 heavy (non-hydrogen) atoms. The number of hydrogen-bond acceptors (Lipinski definition) is 3. The highest BCUT2D eigenvalue weighted by atomic mass is 35.5. The van der Waals surface area contributed by atoms with Crippen LogP contribution in [0, 0.1) is 0 Å². The Bertz CT molecular complexity index is 708. The Labute approximate surface area is 108 Å². The van der Waals surface area contributed by atoms with Gasteiger partial charge in [0.25, 0.3) is 0 Å². The van der Waals surface area contributed by atoms with Crippen molar-refractivity contribution < 1.29 is 5.11 Å². The molecule has 0 amide bonds. The van der Waals surface area contributed by atoms with Gasteiger partial charge in [-0.05, 0) is 24.3 Å². The van der Waals surface area contributed by atoms with E-state index < -0.39 is 0 Å². The van der Waals surface area contributed by atoms with Gasteiger partial charge in [-0.2, -0.15) is 5.10 Å². The molecule has 4 nitrogen and oxygen atoms in total. The van der Waals surface area contributed by atoms with Gasteiger partial charge in [0.2, 0.25) is 0 Å². The molecule has 0 bridgehead atoms. The third kappa shape index (κ3) is 1.96. The molecular formula is C13H10ClN3O. The van der Waals surface area contributed by atoms with Crippen LogP contribution in [-0.4, -0.2) is 19.7 Å². The summed E-state index contributed by atoms with van der Waals surface area (Å²) in [4.78, 5) is 4.21. The minimum atomic E-state index is -0.0874. The minimum Gasteiger partial charge on any atom is -0.390 e. The van der Waals surface area contributed by atoms with Gasteiger partial charge in [-0.15, -0.1) is 0 Å². The van der Waals surface area contributed by atoms with Gasteiger partial charge in [0.15, 0.2) is 5.65 Å². The highest BCUT2D eigenvalue weighted by Gasteiger charge is 2.05. The van der Waals surface area contributed by atoms with Crippen LogP contribution in [0.1, 0.15) is 5.69 Å². The molecule has 0 aliphatic heterocycles. The number of imidazole rings is 1. The Morgan fingerprint density at radius 3 is 2.89 bits per heavy atom. The summed E-state index contributed by atoms with van der Waals surface area (Å²) in [5, 5.41) is 14.2. The average Bonchev–Trinajstić information content (AvgIpc) is 2.80. The summed E-state index contributed by atoms with van der Waals surface area (Å²) in [5.41, 5.74) is 3.08. The Morgan fingerprint density at radius 2 is 2.11 bits per heavy atom. The molecular weight excluding hydrogens is 250 g/mol. The van der Waals surface area contributed by atoms with E-state index in [4.69, 9.17) is 16.7 Å². The van der Waals surface area contributed by atoms with Crippen LogP contribution in [0.4, 0.5) is 0 Å². The molecule has 0 spiro atoms. The highest BCUT2D eigenvalue weighted by molar-refractivity contribution is 6.30. The first-order valence-electron chi connectivity index (χ1n) is 5.48. The van der Waals surface area contributed by atoms with Crippen molar-refractivity contribution in [1.82, 2.24) is 14.6 Å². The van der Waals surface area contributed by atoms with Crippen LogP contribution >= 0.6 is 11.6 Å². The quantitative estimate of drug-likeness (QED) is 0.769. The fourth-order valence-electron chi connectivity index (χ4n) is 1.81. The summed E-state index contributed by atoms with van der Waals surface area (Å²) < 4.78 is 1.65. The molecule has 0 aliphatic carbocycles. The maximum absolute atomic E-state index is 9.04. The average molecular weight is 260 g/mol. The summed E-state index contributed by atoms with van der Waals surface area (Å²) in [5.74, 6) is 0. The van der Waals surface area contributed by atoms with Gasteiger partial charge >= 0.3 is 0 Å². The Hall–Kier alpha value is -1.91. The minimum absolute atomic E-state index is 0.0874. The molecule has 2 heterocycles. The monoisotopic (exact) mass is 259 g/mol. The summed E-state index contributed by atoms with van der Waals surface area (Å²) >= 11 is 5.96. The molecule has 3 aromatic rings. The van der Waals surface area contributed by atoms with E-state index >= 15 is 0 Å². The topological polar surface area (TPSA) is 50.4 Å². The van der Waals surface area contributed by atoms with Gasteiger partial charge in [-0.3, -0.25) is 0 Å². The molecule has 0 fully saturated rings. The Kier molecular flexibility index (Phi) is 2.74. The van der Waals surface area contributed by atoms with Crippen molar-refractivity contribution in [3.05, 3.63) is 53.3 Å². The number of hydrogen-bond donors (Lipinski definition) is 1. The molecule has 0 saturated heterocycles. The van der Waals surface area contributed by atoms with Gasteiger partial charge in [0.05, 0.1) is 24.2 Å². The SMILES string of the molecule is OCc1cn2nc(-c3cccc(Cl)c3)ccc2n1. The molecule has 5 heteroatoms. The van der Waals surface area contributed by atoms with E-state index in [0.717, 1.165) is 11.3 Å². The molecule has 0 saturated carbocycles. The van der Waals surface area contributed by atoms with E-state index in [1.54, 1.807) is 10.7 Å². The number of fused-ring (bicyclic) bond motifs is 1. The summed E-state index contributed by atoms with van der Waals surface area (Å²) in [6.45, 7) is -0.0874. The first-order chi connectivity index (χ1) is 8.76. The molecule has 1 N–H and O–H groups in total. The number of aromatic nitrogens is 3. The molecule has 0 radical (unpaired) electrons. The fraction of sp³-hybridized carbons (Fsp3) is 0.0769. The maximum atomic E-state index is 9.04. The molecule has 3 rings (SSSR count). The zero-order valence-electron chi connectivity index (χ0n) is 9.42. The van der Waals surface area contributed by atoms with E-state index in [0.29, 0.717) is 16.4 Å². The van der Waals surface area contributed by atoms with E-state index in [9.17, 15) is 0 Å². The first-order valence-corrected chi connectivity index (χ1v) is 5.86. The van der Waals surface area contributed by atoms with Gasteiger partial charge in [0.1, 0.15) is 0 Å². The third-order valence-corrected chi connectivity index (χ3v) is 2.89. The van der Waals surface area contributed by atoms with Gasteiger partial charge in [0, 0.05) is 10.6 Å². The second kappa shape index (κ2) is 4.40. The van der Waals surface area contributed by atoms with Gasteiger partial charge in [-0.25, -0.2) is 9.50 Å². The largest absolute Gasteiger partial charge is 0.390 e. The second-order valence-electron chi connectivity index (χ2n) is 3.92. The lowest BCUT2D eigenvalue weighted by Gasteiger charge is -2.01. The van der Waals surface area contributed by atoms with Crippen LogP contribution in [-0.2, 0) is 6.61 Å². The molecule has 0 aliphatic rings. The zero-order valence-corrected chi connectivity index (χ0v) is 10.2. The first kappa shape index (κ1) is 11.2. The second-order valence-corrected chi connectivity index (χ2v) is 4.36. The third-order valence-electron chi connectivity index (χ3n) is 2.65. The molecule has 0 unspecified atom stereocenters. The number of nitrogens with zero attached hydrogens (tertiary/aromatic N) is 3. The smallest absolute Gasteiger partial charge is 0.153 e. The van der Waals surface area contributed by atoms with Crippen molar-refractivity contribution in [2.45, 2.75) is 6.61 Å². The molecule has 2 aromatic heterocycles. The fourth-order valence-corrected chi connectivity index (χ4v) is 2.00.